The Hall–Kier alpha value is -0.480. The molecule has 0 saturated carbocycles. The van der Waals surface area contributed by atoms with Crippen molar-refractivity contribution in [2.45, 2.75) is 19.9 Å². The van der Waals surface area contributed by atoms with Crippen molar-refractivity contribution in [3.63, 3.8) is 0 Å². The van der Waals surface area contributed by atoms with Gasteiger partial charge in [0.05, 0.1) is 0 Å². The Balaban J connectivity index is 2.10. The van der Waals surface area contributed by atoms with E-state index in [1.54, 1.807) is 0 Å². The maximum Gasteiger partial charge on any atom is 0.105 e. The predicted octanol–water partition coefficient (Wildman–Crippen LogP) is 1.49. The zero-order valence-corrected chi connectivity index (χ0v) is 9.10. The predicted molar refractivity (Wildman–Crippen MR) is 58.0 cm³/mol. The van der Waals surface area contributed by atoms with Crippen molar-refractivity contribution < 1.29 is 0 Å². The summed E-state index contributed by atoms with van der Waals surface area (Å²) in [6.07, 6.45) is 7.15. The highest BCUT2D eigenvalue weighted by atomic mass is 32.2. The average Bonchev–Trinajstić information content (AvgIpc) is 2.52. The topological polar surface area (TPSA) is 29.9 Å². The van der Waals surface area contributed by atoms with Gasteiger partial charge in [0.1, 0.15) is 5.82 Å². The molecule has 1 rings (SSSR count). The fourth-order valence-electron chi connectivity index (χ4n) is 1.19. The molecule has 0 spiro atoms. The number of rotatable bonds is 6. The van der Waals surface area contributed by atoms with E-state index >= 15 is 0 Å². The molecule has 1 aromatic heterocycles. The maximum absolute atomic E-state index is 4.17. The summed E-state index contributed by atoms with van der Waals surface area (Å²) in [5, 5.41) is 3.35. The molecule has 1 aromatic rings. The highest BCUT2D eigenvalue weighted by Crippen LogP contribution is 1.96. The van der Waals surface area contributed by atoms with Gasteiger partial charge in [-0.3, -0.25) is 0 Å². The van der Waals surface area contributed by atoms with Crippen molar-refractivity contribution in [3.05, 3.63) is 18.2 Å². The number of imidazole rings is 1. The lowest BCUT2D eigenvalue weighted by Gasteiger charge is -2.05. The minimum atomic E-state index is 1.04. The lowest BCUT2D eigenvalue weighted by Crippen LogP contribution is -2.16. The summed E-state index contributed by atoms with van der Waals surface area (Å²) in [6, 6.07) is 0. The maximum atomic E-state index is 4.17. The SMILES string of the molecule is CSCNCCCn1ccnc1C. The third-order valence-corrected chi connectivity index (χ3v) is 2.42. The van der Waals surface area contributed by atoms with E-state index in [-0.39, 0.29) is 0 Å². The minimum Gasteiger partial charge on any atom is -0.335 e. The van der Waals surface area contributed by atoms with Crippen LogP contribution in [0, 0.1) is 6.92 Å². The second-order valence-corrected chi connectivity index (χ2v) is 3.82. The molecule has 0 unspecified atom stereocenters. The molecule has 0 radical (unpaired) electrons. The molecule has 0 bridgehead atoms. The number of hydrogen-bond acceptors (Lipinski definition) is 3. The summed E-state index contributed by atoms with van der Waals surface area (Å²) in [7, 11) is 0. The number of nitrogens with zero attached hydrogens (tertiary/aromatic N) is 2. The molecule has 0 aliphatic rings. The molecular formula is C9H17N3S. The van der Waals surface area contributed by atoms with Gasteiger partial charge in [0.25, 0.3) is 0 Å². The van der Waals surface area contributed by atoms with Crippen LogP contribution in [0.3, 0.4) is 0 Å². The van der Waals surface area contributed by atoms with Crippen molar-refractivity contribution in [3.8, 4) is 0 Å². The van der Waals surface area contributed by atoms with Crippen LogP contribution in [0.1, 0.15) is 12.2 Å². The van der Waals surface area contributed by atoms with E-state index in [4.69, 9.17) is 0 Å². The molecule has 1 N–H and O–H groups in total. The zero-order valence-electron chi connectivity index (χ0n) is 8.29. The minimum absolute atomic E-state index is 1.04. The number of aromatic nitrogens is 2. The van der Waals surface area contributed by atoms with Crippen LogP contribution in [0.5, 0.6) is 0 Å². The average molecular weight is 199 g/mol. The van der Waals surface area contributed by atoms with E-state index in [0.717, 1.165) is 31.2 Å². The molecule has 1 heterocycles. The molecule has 0 saturated heterocycles. The Morgan fingerprint density at radius 3 is 3.08 bits per heavy atom. The fraction of sp³-hybridized carbons (Fsp3) is 0.667. The summed E-state index contributed by atoms with van der Waals surface area (Å²) < 4.78 is 2.18. The summed E-state index contributed by atoms with van der Waals surface area (Å²) in [5.41, 5.74) is 0. The first-order valence-electron chi connectivity index (χ1n) is 4.52. The number of hydrogen-bond donors (Lipinski definition) is 1. The molecule has 0 aliphatic heterocycles. The molecule has 74 valence electrons. The highest BCUT2D eigenvalue weighted by molar-refractivity contribution is 7.98. The van der Waals surface area contributed by atoms with E-state index in [0.29, 0.717) is 0 Å². The van der Waals surface area contributed by atoms with Crippen molar-refractivity contribution in [2.24, 2.45) is 0 Å². The summed E-state index contributed by atoms with van der Waals surface area (Å²) in [6.45, 7) is 4.18. The van der Waals surface area contributed by atoms with E-state index in [2.05, 4.69) is 21.1 Å². The lowest BCUT2D eigenvalue weighted by atomic mass is 10.4. The van der Waals surface area contributed by atoms with Crippen LogP contribution in [-0.2, 0) is 6.54 Å². The van der Waals surface area contributed by atoms with Crippen LogP contribution < -0.4 is 5.32 Å². The Morgan fingerprint density at radius 1 is 1.62 bits per heavy atom. The van der Waals surface area contributed by atoms with Gasteiger partial charge in [0, 0.05) is 24.8 Å². The van der Waals surface area contributed by atoms with Crippen LogP contribution in [0.15, 0.2) is 12.4 Å². The zero-order chi connectivity index (χ0) is 9.52. The standard InChI is InChI=1S/C9H17N3S/c1-9-11-5-7-12(9)6-3-4-10-8-13-2/h5,7,10H,3-4,6,8H2,1-2H3. The van der Waals surface area contributed by atoms with Gasteiger partial charge in [0.15, 0.2) is 0 Å². The second-order valence-electron chi connectivity index (χ2n) is 2.95. The molecule has 13 heavy (non-hydrogen) atoms. The van der Waals surface area contributed by atoms with Gasteiger partial charge in [-0.2, -0.15) is 0 Å². The first kappa shape index (κ1) is 10.6. The Bertz CT molecular complexity index is 235. The highest BCUT2D eigenvalue weighted by Gasteiger charge is 1.94. The van der Waals surface area contributed by atoms with Gasteiger partial charge >= 0.3 is 0 Å². The van der Waals surface area contributed by atoms with E-state index in [1.165, 1.54) is 0 Å². The van der Waals surface area contributed by atoms with E-state index in [1.807, 2.05) is 31.1 Å². The summed E-state index contributed by atoms with van der Waals surface area (Å²) in [4.78, 5) is 4.17. The van der Waals surface area contributed by atoms with Gasteiger partial charge in [-0.1, -0.05) is 0 Å². The lowest BCUT2D eigenvalue weighted by molar-refractivity contribution is 0.597. The van der Waals surface area contributed by atoms with Gasteiger partial charge in [-0.05, 0) is 26.1 Å². The van der Waals surface area contributed by atoms with E-state index < -0.39 is 0 Å². The molecule has 3 nitrogen and oxygen atoms in total. The molecule has 4 heteroatoms. The van der Waals surface area contributed by atoms with Crippen LogP contribution in [0.2, 0.25) is 0 Å². The summed E-state index contributed by atoms with van der Waals surface area (Å²) in [5.74, 6) is 2.15. The summed E-state index contributed by atoms with van der Waals surface area (Å²) >= 11 is 1.82. The van der Waals surface area contributed by atoms with Crippen molar-refractivity contribution >= 4 is 11.8 Å². The van der Waals surface area contributed by atoms with Crippen LogP contribution >= 0.6 is 11.8 Å². The molecule has 0 aliphatic carbocycles. The van der Waals surface area contributed by atoms with Gasteiger partial charge in [-0.15, -0.1) is 11.8 Å². The first-order valence-corrected chi connectivity index (χ1v) is 5.91. The van der Waals surface area contributed by atoms with Crippen LogP contribution in [0.4, 0.5) is 0 Å². The third-order valence-electron chi connectivity index (χ3n) is 1.92. The van der Waals surface area contributed by atoms with Crippen molar-refractivity contribution in [1.82, 2.24) is 14.9 Å². The molecule has 0 atom stereocenters. The van der Waals surface area contributed by atoms with Crippen molar-refractivity contribution in [1.29, 1.82) is 0 Å². The smallest absolute Gasteiger partial charge is 0.105 e. The van der Waals surface area contributed by atoms with E-state index in [9.17, 15) is 0 Å². The fourth-order valence-corrected chi connectivity index (χ4v) is 1.54. The molecule has 0 amide bonds. The molecular weight excluding hydrogens is 182 g/mol. The van der Waals surface area contributed by atoms with Crippen LogP contribution in [-0.4, -0.2) is 28.2 Å². The second kappa shape index (κ2) is 6.05. The number of thioether (sulfide) groups is 1. The molecule has 0 aromatic carbocycles. The Kier molecular flexibility index (Phi) is 4.93. The molecule has 0 fully saturated rings. The van der Waals surface area contributed by atoms with Crippen LogP contribution in [0.25, 0.3) is 0 Å². The third kappa shape index (κ3) is 3.83. The Labute approximate surface area is 83.9 Å². The first-order chi connectivity index (χ1) is 6.34. The largest absolute Gasteiger partial charge is 0.335 e. The monoisotopic (exact) mass is 199 g/mol. The Morgan fingerprint density at radius 2 is 2.46 bits per heavy atom. The van der Waals surface area contributed by atoms with Gasteiger partial charge in [-0.25, -0.2) is 4.98 Å². The van der Waals surface area contributed by atoms with Gasteiger partial charge < -0.3 is 9.88 Å². The quantitative estimate of drug-likeness (QED) is 0.556. The number of aryl methyl sites for hydroxylation is 2. The van der Waals surface area contributed by atoms with Crippen molar-refractivity contribution in [2.75, 3.05) is 18.7 Å². The normalized spacial score (nSPS) is 10.6. The van der Waals surface area contributed by atoms with Gasteiger partial charge in [0.2, 0.25) is 0 Å². The number of nitrogens with one attached hydrogen (secondary N) is 1.